The van der Waals surface area contributed by atoms with E-state index in [4.69, 9.17) is 0 Å². The van der Waals surface area contributed by atoms with Crippen LogP contribution in [0.15, 0.2) is 64.3 Å². The number of pyridine rings is 1. The van der Waals surface area contributed by atoms with Crippen LogP contribution < -0.4 is 16.4 Å². The molecule has 0 atom stereocenters. The van der Waals surface area contributed by atoms with Crippen molar-refractivity contribution < 1.29 is 4.79 Å². The topological polar surface area (TPSA) is 96.8 Å². The molecular weight excluding hydrogens is 320 g/mol. The van der Waals surface area contributed by atoms with Crippen LogP contribution in [0.1, 0.15) is 15.9 Å². The zero-order valence-corrected chi connectivity index (χ0v) is 13.5. The number of aromatic nitrogens is 3. The summed E-state index contributed by atoms with van der Waals surface area (Å²) in [5.74, 6) is -0.217. The van der Waals surface area contributed by atoms with E-state index in [0.717, 1.165) is 11.1 Å². The van der Waals surface area contributed by atoms with Crippen LogP contribution in [0.4, 0.5) is 0 Å². The Kier molecular flexibility index (Phi) is 4.56. The number of carbonyl (C=O) groups is 1. The van der Waals surface area contributed by atoms with Crippen LogP contribution in [-0.4, -0.2) is 20.7 Å². The Morgan fingerprint density at radius 1 is 1.08 bits per heavy atom. The minimum Gasteiger partial charge on any atom is -0.348 e. The zero-order chi connectivity index (χ0) is 17.8. The van der Waals surface area contributed by atoms with Gasteiger partial charge in [0.05, 0.1) is 5.69 Å². The van der Waals surface area contributed by atoms with Crippen LogP contribution in [0, 0.1) is 0 Å². The lowest BCUT2D eigenvalue weighted by molar-refractivity contribution is 0.0951. The Morgan fingerprint density at radius 2 is 1.84 bits per heavy atom. The smallest absolute Gasteiger partial charge is 0.266 e. The van der Waals surface area contributed by atoms with Crippen LogP contribution >= 0.6 is 0 Å². The fraction of sp³-hybridized carbons (Fsp3) is 0.111. The molecule has 3 rings (SSSR count). The first kappa shape index (κ1) is 16.4. The van der Waals surface area contributed by atoms with Crippen molar-refractivity contribution in [2.24, 2.45) is 7.05 Å². The summed E-state index contributed by atoms with van der Waals surface area (Å²) >= 11 is 0. The molecule has 0 spiro atoms. The summed E-state index contributed by atoms with van der Waals surface area (Å²) in [6.45, 7) is 0.319. The van der Waals surface area contributed by atoms with Crippen LogP contribution in [0.25, 0.3) is 11.3 Å². The molecule has 7 nitrogen and oxygen atoms in total. The number of rotatable bonds is 4. The first-order valence-corrected chi connectivity index (χ1v) is 7.63. The van der Waals surface area contributed by atoms with Crippen molar-refractivity contribution in [3.05, 3.63) is 86.6 Å². The number of hydrogen-bond donors (Lipinski definition) is 2. The van der Waals surface area contributed by atoms with E-state index in [1.165, 1.54) is 16.8 Å². The zero-order valence-electron chi connectivity index (χ0n) is 13.5. The number of benzene rings is 1. The van der Waals surface area contributed by atoms with Crippen molar-refractivity contribution >= 4 is 5.91 Å². The minimum atomic E-state index is -0.217. The van der Waals surface area contributed by atoms with E-state index in [1.807, 2.05) is 0 Å². The van der Waals surface area contributed by atoms with Gasteiger partial charge in [0.25, 0.3) is 11.5 Å². The van der Waals surface area contributed by atoms with Gasteiger partial charge in [-0.25, -0.2) is 4.68 Å². The molecule has 25 heavy (non-hydrogen) atoms. The van der Waals surface area contributed by atoms with Crippen molar-refractivity contribution in [2.75, 3.05) is 0 Å². The highest BCUT2D eigenvalue weighted by atomic mass is 16.2. The average Bonchev–Trinajstić information content (AvgIpc) is 2.63. The van der Waals surface area contributed by atoms with Gasteiger partial charge in [0.1, 0.15) is 0 Å². The molecule has 0 saturated heterocycles. The fourth-order valence-corrected chi connectivity index (χ4v) is 2.29. The van der Waals surface area contributed by atoms with Gasteiger partial charge in [-0.3, -0.25) is 14.4 Å². The number of nitrogens with zero attached hydrogens (tertiary/aromatic N) is 2. The van der Waals surface area contributed by atoms with E-state index in [9.17, 15) is 14.4 Å². The molecule has 0 saturated carbocycles. The number of amides is 1. The van der Waals surface area contributed by atoms with Crippen molar-refractivity contribution in [3.63, 3.8) is 0 Å². The Labute approximate surface area is 143 Å². The number of aryl methyl sites for hydroxylation is 1. The number of aromatic amines is 1. The summed E-state index contributed by atoms with van der Waals surface area (Å²) in [7, 11) is 1.59. The Bertz CT molecular complexity index is 999. The third kappa shape index (κ3) is 3.89. The van der Waals surface area contributed by atoms with Crippen LogP contribution in [0.5, 0.6) is 0 Å². The van der Waals surface area contributed by atoms with Crippen LogP contribution in [0.3, 0.4) is 0 Å². The molecular formula is C18H16N4O3. The van der Waals surface area contributed by atoms with E-state index < -0.39 is 0 Å². The third-order valence-corrected chi connectivity index (χ3v) is 3.70. The molecule has 126 valence electrons. The maximum Gasteiger partial charge on any atom is 0.266 e. The first-order chi connectivity index (χ1) is 12.0. The highest BCUT2D eigenvalue weighted by molar-refractivity contribution is 5.94. The van der Waals surface area contributed by atoms with Gasteiger partial charge in [0.15, 0.2) is 0 Å². The minimum absolute atomic E-state index is 0.179. The van der Waals surface area contributed by atoms with E-state index in [1.54, 1.807) is 49.6 Å². The van der Waals surface area contributed by atoms with Gasteiger partial charge in [0, 0.05) is 43.0 Å². The molecule has 2 N–H and O–H groups in total. The molecule has 1 aromatic carbocycles. The van der Waals surface area contributed by atoms with Gasteiger partial charge in [0.2, 0.25) is 5.56 Å². The van der Waals surface area contributed by atoms with Crippen molar-refractivity contribution in [3.8, 4) is 11.3 Å². The van der Waals surface area contributed by atoms with E-state index >= 15 is 0 Å². The van der Waals surface area contributed by atoms with Crippen molar-refractivity contribution in [1.29, 1.82) is 0 Å². The largest absolute Gasteiger partial charge is 0.348 e. The Hall–Kier alpha value is -3.48. The van der Waals surface area contributed by atoms with Gasteiger partial charge in [-0.2, -0.15) is 5.10 Å². The summed E-state index contributed by atoms with van der Waals surface area (Å²) in [5.41, 5.74) is 2.42. The maximum atomic E-state index is 12.2. The number of H-pyrrole nitrogens is 1. The summed E-state index contributed by atoms with van der Waals surface area (Å²) < 4.78 is 1.26. The van der Waals surface area contributed by atoms with Gasteiger partial charge < -0.3 is 10.3 Å². The molecule has 2 aromatic heterocycles. The maximum absolute atomic E-state index is 12.2. The molecule has 0 aliphatic carbocycles. The van der Waals surface area contributed by atoms with Crippen molar-refractivity contribution in [1.82, 2.24) is 20.1 Å². The molecule has 0 aliphatic heterocycles. The highest BCUT2D eigenvalue weighted by Gasteiger charge is 2.07. The molecule has 3 aromatic rings. The lowest BCUT2D eigenvalue weighted by Crippen LogP contribution is -2.23. The SMILES string of the molecule is Cn1nc(-c2ccc(C(=O)NCc3ccc(=O)[nH]c3)cc2)ccc1=O. The summed E-state index contributed by atoms with van der Waals surface area (Å²) in [6.07, 6.45) is 1.57. The fourth-order valence-electron chi connectivity index (χ4n) is 2.29. The molecule has 2 heterocycles. The predicted molar refractivity (Wildman–Crippen MR) is 93.1 cm³/mol. The van der Waals surface area contributed by atoms with Gasteiger partial charge in [-0.05, 0) is 23.8 Å². The quantitative estimate of drug-likeness (QED) is 0.745. The van der Waals surface area contributed by atoms with E-state index in [0.29, 0.717) is 17.8 Å². The summed E-state index contributed by atoms with van der Waals surface area (Å²) in [6, 6.07) is 13.1. The molecule has 1 amide bonds. The third-order valence-electron chi connectivity index (χ3n) is 3.70. The van der Waals surface area contributed by atoms with Crippen molar-refractivity contribution in [2.45, 2.75) is 6.54 Å². The normalized spacial score (nSPS) is 10.4. The van der Waals surface area contributed by atoms with Gasteiger partial charge in [-0.1, -0.05) is 18.2 Å². The average molecular weight is 336 g/mol. The lowest BCUT2D eigenvalue weighted by atomic mass is 10.1. The van der Waals surface area contributed by atoms with Crippen LogP contribution in [0.2, 0.25) is 0 Å². The number of carbonyl (C=O) groups excluding carboxylic acids is 1. The lowest BCUT2D eigenvalue weighted by Gasteiger charge is -2.07. The first-order valence-electron chi connectivity index (χ1n) is 7.63. The molecule has 0 bridgehead atoms. The summed E-state index contributed by atoms with van der Waals surface area (Å²) in [4.78, 5) is 37.1. The molecule has 0 unspecified atom stereocenters. The summed E-state index contributed by atoms with van der Waals surface area (Å²) in [5, 5.41) is 6.96. The van der Waals surface area contributed by atoms with E-state index in [-0.39, 0.29) is 17.0 Å². The van der Waals surface area contributed by atoms with E-state index in [2.05, 4.69) is 15.4 Å². The number of nitrogens with one attached hydrogen (secondary N) is 2. The Balaban J connectivity index is 1.69. The second-order valence-electron chi connectivity index (χ2n) is 5.50. The molecule has 0 aliphatic rings. The van der Waals surface area contributed by atoms with Gasteiger partial charge in [-0.15, -0.1) is 0 Å². The predicted octanol–water partition coefficient (Wildman–Crippen LogP) is 1.07. The monoisotopic (exact) mass is 336 g/mol. The molecule has 0 radical (unpaired) electrons. The van der Waals surface area contributed by atoms with Gasteiger partial charge >= 0.3 is 0 Å². The standard InChI is InChI=1S/C18H16N4O3/c1-22-17(24)9-7-15(21-22)13-3-5-14(6-4-13)18(25)20-11-12-2-8-16(23)19-10-12/h2-10H,11H2,1H3,(H,19,23)(H,20,25). The highest BCUT2D eigenvalue weighted by Crippen LogP contribution is 2.16. The number of hydrogen-bond acceptors (Lipinski definition) is 4. The van der Waals surface area contributed by atoms with Crippen LogP contribution in [-0.2, 0) is 13.6 Å². The Morgan fingerprint density at radius 3 is 2.48 bits per heavy atom. The second kappa shape index (κ2) is 6.96. The molecule has 7 heteroatoms. The molecule has 0 fully saturated rings. The second-order valence-corrected chi connectivity index (χ2v) is 5.50.